The normalized spacial score (nSPS) is 12.3. The zero-order valence-corrected chi connectivity index (χ0v) is 13.4. The maximum Gasteiger partial charge on any atom is 0.270 e. The summed E-state index contributed by atoms with van der Waals surface area (Å²) in [6.07, 6.45) is 0. The fraction of sp³-hybridized carbons (Fsp3) is 0.500. The predicted octanol–water partition coefficient (Wildman–Crippen LogP) is 2.66. The van der Waals surface area contributed by atoms with Gasteiger partial charge in [0.2, 0.25) is 0 Å². The quantitative estimate of drug-likeness (QED) is 0.598. The highest BCUT2D eigenvalue weighted by Gasteiger charge is 2.24. The monoisotopic (exact) mass is 313 g/mol. The fourth-order valence-corrected chi connectivity index (χ4v) is 2.43. The molecule has 116 valence electrons. The van der Waals surface area contributed by atoms with Gasteiger partial charge < -0.3 is 9.80 Å². The van der Waals surface area contributed by atoms with Gasteiger partial charge in [-0.2, -0.15) is 0 Å². The summed E-state index contributed by atoms with van der Waals surface area (Å²) < 4.78 is 0. The molecule has 0 bridgehead atoms. The Labute approximate surface area is 129 Å². The summed E-state index contributed by atoms with van der Waals surface area (Å²) in [6.45, 7) is 5.01. The van der Waals surface area contributed by atoms with Crippen LogP contribution in [0.3, 0.4) is 0 Å². The fourth-order valence-electron chi connectivity index (χ4n) is 2.23. The third kappa shape index (κ3) is 4.41. The lowest BCUT2D eigenvalue weighted by molar-refractivity contribution is -0.384. The SMILES string of the molecule is CCN(C(=O)c1cc([N+](=O)[O-])ccc1Cl)C(C)CN(C)C. The van der Waals surface area contributed by atoms with Crippen LogP contribution in [0.25, 0.3) is 0 Å². The molecule has 1 unspecified atom stereocenters. The summed E-state index contributed by atoms with van der Waals surface area (Å²) in [7, 11) is 3.85. The van der Waals surface area contributed by atoms with Gasteiger partial charge in [0.25, 0.3) is 11.6 Å². The van der Waals surface area contributed by atoms with Gasteiger partial charge >= 0.3 is 0 Å². The third-order valence-corrected chi connectivity index (χ3v) is 3.48. The minimum absolute atomic E-state index is 0.0205. The van der Waals surface area contributed by atoms with Gasteiger partial charge in [-0.05, 0) is 34.0 Å². The number of non-ortho nitro benzene ring substituents is 1. The Morgan fingerprint density at radius 1 is 1.43 bits per heavy atom. The molecule has 7 heteroatoms. The molecule has 0 spiro atoms. The number of hydrogen-bond acceptors (Lipinski definition) is 4. The molecule has 1 aromatic rings. The molecular weight excluding hydrogens is 294 g/mol. The van der Waals surface area contributed by atoms with E-state index in [1.807, 2.05) is 32.8 Å². The highest BCUT2D eigenvalue weighted by molar-refractivity contribution is 6.33. The summed E-state index contributed by atoms with van der Waals surface area (Å²) >= 11 is 6.03. The predicted molar refractivity (Wildman–Crippen MR) is 82.8 cm³/mol. The number of nitro groups is 1. The van der Waals surface area contributed by atoms with E-state index in [1.54, 1.807) is 4.90 Å². The highest BCUT2D eigenvalue weighted by Crippen LogP contribution is 2.24. The summed E-state index contributed by atoms with van der Waals surface area (Å²) in [4.78, 5) is 26.5. The molecule has 1 atom stereocenters. The zero-order chi connectivity index (χ0) is 16.2. The summed E-state index contributed by atoms with van der Waals surface area (Å²) in [5.74, 6) is -0.291. The first-order valence-electron chi connectivity index (χ1n) is 6.67. The lowest BCUT2D eigenvalue weighted by Gasteiger charge is -2.30. The zero-order valence-electron chi connectivity index (χ0n) is 12.7. The molecule has 0 radical (unpaired) electrons. The lowest BCUT2D eigenvalue weighted by Crippen LogP contribution is -2.43. The Bertz CT molecular complexity index is 534. The van der Waals surface area contributed by atoms with Crippen LogP contribution >= 0.6 is 11.6 Å². The molecule has 21 heavy (non-hydrogen) atoms. The standard InChI is InChI=1S/C14H20ClN3O3/c1-5-17(10(2)9-16(3)4)14(19)12-8-11(18(20)21)6-7-13(12)15/h6-8,10H,5,9H2,1-4H3. The minimum atomic E-state index is -0.535. The molecule has 0 aromatic heterocycles. The number of nitro benzene ring substituents is 1. The smallest absolute Gasteiger partial charge is 0.270 e. The van der Waals surface area contributed by atoms with Gasteiger partial charge in [0, 0.05) is 31.3 Å². The van der Waals surface area contributed by atoms with Gasteiger partial charge in [-0.1, -0.05) is 11.6 Å². The second-order valence-electron chi connectivity index (χ2n) is 5.12. The third-order valence-electron chi connectivity index (χ3n) is 3.15. The van der Waals surface area contributed by atoms with Gasteiger partial charge in [0.15, 0.2) is 0 Å². The van der Waals surface area contributed by atoms with E-state index >= 15 is 0 Å². The van der Waals surface area contributed by atoms with E-state index in [9.17, 15) is 14.9 Å². The molecule has 1 amide bonds. The van der Waals surface area contributed by atoms with Crippen molar-refractivity contribution in [2.45, 2.75) is 19.9 Å². The van der Waals surface area contributed by atoms with Crippen molar-refractivity contribution in [2.75, 3.05) is 27.2 Å². The minimum Gasteiger partial charge on any atom is -0.335 e. The highest BCUT2D eigenvalue weighted by atomic mass is 35.5. The molecule has 0 saturated heterocycles. The van der Waals surface area contributed by atoms with Crippen molar-refractivity contribution >= 4 is 23.2 Å². The molecule has 0 saturated carbocycles. The van der Waals surface area contributed by atoms with Crippen molar-refractivity contribution in [1.82, 2.24) is 9.80 Å². The van der Waals surface area contributed by atoms with Crippen LogP contribution in [-0.4, -0.2) is 53.9 Å². The number of halogens is 1. The molecule has 1 rings (SSSR count). The Morgan fingerprint density at radius 2 is 2.05 bits per heavy atom. The Kier molecular flexibility index (Phi) is 6.11. The van der Waals surface area contributed by atoms with Gasteiger partial charge in [-0.15, -0.1) is 0 Å². The largest absolute Gasteiger partial charge is 0.335 e. The number of amides is 1. The first-order chi connectivity index (χ1) is 9.77. The number of benzene rings is 1. The number of nitrogens with zero attached hydrogens (tertiary/aromatic N) is 3. The van der Waals surface area contributed by atoms with Crippen LogP contribution in [0.1, 0.15) is 24.2 Å². The summed E-state index contributed by atoms with van der Waals surface area (Å²) in [6, 6.07) is 3.89. The molecule has 6 nitrogen and oxygen atoms in total. The van der Waals surface area contributed by atoms with Crippen LogP contribution in [0.2, 0.25) is 5.02 Å². The van der Waals surface area contributed by atoms with Crippen molar-refractivity contribution in [3.05, 3.63) is 38.9 Å². The van der Waals surface area contributed by atoms with Crippen LogP contribution in [0.5, 0.6) is 0 Å². The van der Waals surface area contributed by atoms with E-state index in [2.05, 4.69) is 0 Å². The first-order valence-corrected chi connectivity index (χ1v) is 7.05. The Morgan fingerprint density at radius 3 is 2.52 bits per heavy atom. The maximum absolute atomic E-state index is 12.6. The van der Waals surface area contributed by atoms with Crippen LogP contribution in [0.4, 0.5) is 5.69 Å². The molecule has 0 heterocycles. The average molecular weight is 314 g/mol. The van der Waals surface area contributed by atoms with Gasteiger partial charge in [0.1, 0.15) is 0 Å². The first kappa shape index (κ1) is 17.4. The van der Waals surface area contributed by atoms with E-state index in [1.165, 1.54) is 18.2 Å². The number of hydrogen-bond donors (Lipinski definition) is 0. The summed E-state index contributed by atoms with van der Waals surface area (Å²) in [5, 5.41) is 11.1. The Balaban J connectivity index is 3.10. The Hall–Kier alpha value is -1.66. The van der Waals surface area contributed by atoms with Crippen molar-refractivity contribution < 1.29 is 9.72 Å². The van der Waals surface area contributed by atoms with Crippen molar-refractivity contribution in [3.63, 3.8) is 0 Å². The van der Waals surface area contributed by atoms with Gasteiger partial charge in [-0.3, -0.25) is 14.9 Å². The van der Waals surface area contributed by atoms with Crippen LogP contribution < -0.4 is 0 Å². The van der Waals surface area contributed by atoms with Gasteiger partial charge in [-0.25, -0.2) is 0 Å². The topological polar surface area (TPSA) is 66.7 Å². The lowest BCUT2D eigenvalue weighted by atomic mass is 10.1. The second-order valence-corrected chi connectivity index (χ2v) is 5.53. The number of rotatable bonds is 6. The van der Waals surface area contributed by atoms with E-state index < -0.39 is 4.92 Å². The average Bonchev–Trinajstić information content (AvgIpc) is 2.38. The molecule has 1 aromatic carbocycles. The van der Waals surface area contributed by atoms with E-state index in [0.717, 1.165) is 0 Å². The van der Waals surface area contributed by atoms with E-state index in [0.29, 0.717) is 13.1 Å². The number of carbonyl (C=O) groups is 1. The van der Waals surface area contributed by atoms with Gasteiger partial charge in [0.05, 0.1) is 15.5 Å². The molecule has 0 fully saturated rings. The van der Waals surface area contributed by atoms with Crippen molar-refractivity contribution in [2.24, 2.45) is 0 Å². The van der Waals surface area contributed by atoms with Crippen molar-refractivity contribution in [1.29, 1.82) is 0 Å². The maximum atomic E-state index is 12.6. The molecule has 0 aliphatic carbocycles. The second kappa shape index (κ2) is 7.38. The number of carbonyl (C=O) groups excluding carboxylic acids is 1. The van der Waals surface area contributed by atoms with E-state index in [4.69, 9.17) is 11.6 Å². The summed E-state index contributed by atoms with van der Waals surface area (Å²) in [5.41, 5.74) is 0.0254. The molecule has 0 aliphatic rings. The number of likely N-dealkylation sites (N-methyl/N-ethyl adjacent to an activating group) is 2. The molecule has 0 N–H and O–H groups in total. The van der Waals surface area contributed by atoms with E-state index in [-0.39, 0.29) is 28.2 Å². The van der Waals surface area contributed by atoms with Crippen LogP contribution in [0.15, 0.2) is 18.2 Å². The molecular formula is C14H20ClN3O3. The van der Waals surface area contributed by atoms with Crippen LogP contribution in [0, 0.1) is 10.1 Å². The van der Waals surface area contributed by atoms with Crippen LogP contribution in [-0.2, 0) is 0 Å². The molecule has 0 aliphatic heterocycles. The van der Waals surface area contributed by atoms with Crippen molar-refractivity contribution in [3.8, 4) is 0 Å².